The SMILES string of the molecule is C/C=C(/CN(C)C(=O)/C=C/c1cnc2c(c1)CC1(CCNCC1)C(=O)N2)N(C)C(/C=C\CC)=C/C. The number of allylic oxidation sites excluding steroid dienone is 4. The Kier molecular flexibility index (Phi) is 9.04. The number of carbonyl (C=O) groups excluding carboxylic acids is 2. The zero-order valence-electron chi connectivity index (χ0n) is 21.7. The van der Waals surface area contributed by atoms with Crippen LogP contribution in [-0.2, 0) is 16.0 Å². The van der Waals surface area contributed by atoms with Gasteiger partial charge in [0.2, 0.25) is 11.8 Å². The summed E-state index contributed by atoms with van der Waals surface area (Å²) < 4.78 is 0. The number of aromatic nitrogens is 1. The van der Waals surface area contributed by atoms with E-state index in [1.165, 1.54) is 0 Å². The molecule has 0 aliphatic carbocycles. The van der Waals surface area contributed by atoms with Crippen LogP contribution in [-0.4, -0.2) is 60.3 Å². The first kappa shape index (κ1) is 26.4. The molecule has 0 radical (unpaired) electrons. The van der Waals surface area contributed by atoms with Gasteiger partial charge in [-0.05, 0) is 82.0 Å². The first-order valence-corrected chi connectivity index (χ1v) is 12.5. The summed E-state index contributed by atoms with van der Waals surface area (Å²) in [6, 6.07) is 2.04. The molecule has 2 N–H and O–H groups in total. The number of fused-ring (bicyclic) bond motifs is 1. The molecule has 188 valence electrons. The van der Waals surface area contributed by atoms with E-state index in [9.17, 15) is 9.59 Å². The minimum Gasteiger partial charge on any atom is -0.347 e. The molecule has 2 amide bonds. The maximum absolute atomic E-state index is 12.9. The third-order valence-electron chi connectivity index (χ3n) is 6.96. The van der Waals surface area contributed by atoms with E-state index >= 15 is 0 Å². The predicted molar refractivity (Wildman–Crippen MR) is 142 cm³/mol. The molecule has 2 aliphatic rings. The van der Waals surface area contributed by atoms with Gasteiger partial charge in [-0.15, -0.1) is 0 Å². The van der Waals surface area contributed by atoms with Gasteiger partial charge in [0.05, 0.1) is 12.0 Å². The second kappa shape index (κ2) is 12.0. The highest BCUT2D eigenvalue weighted by Gasteiger charge is 2.43. The predicted octanol–water partition coefficient (Wildman–Crippen LogP) is 4.12. The maximum atomic E-state index is 12.9. The van der Waals surface area contributed by atoms with Crippen LogP contribution in [0.3, 0.4) is 0 Å². The number of rotatable bonds is 8. The first-order valence-electron chi connectivity index (χ1n) is 12.5. The molecule has 7 heteroatoms. The highest BCUT2D eigenvalue weighted by atomic mass is 16.2. The Labute approximate surface area is 209 Å². The molecule has 1 aromatic rings. The fraction of sp³-hybridized carbons (Fsp3) is 0.464. The first-order chi connectivity index (χ1) is 16.8. The second-order valence-corrected chi connectivity index (χ2v) is 9.33. The van der Waals surface area contributed by atoms with E-state index in [0.29, 0.717) is 18.8 Å². The van der Waals surface area contributed by atoms with E-state index in [0.717, 1.165) is 54.9 Å². The molecule has 1 spiro atoms. The van der Waals surface area contributed by atoms with Crippen molar-refractivity contribution in [3.05, 3.63) is 65.2 Å². The molecule has 1 aromatic heterocycles. The van der Waals surface area contributed by atoms with Crippen LogP contribution in [0.2, 0.25) is 0 Å². The summed E-state index contributed by atoms with van der Waals surface area (Å²) in [6.07, 6.45) is 16.7. The van der Waals surface area contributed by atoms with Gasteiger partial charge in [0.1, 0.15) is 5.82 Å². The lowest BCUT2D eigenvalue weighted by Gasteiger charge is -2.39. The van der Waals surface area contributed by atoms with Crippen molar-refractivity contribution in [2.45, 2.75) is 46.5 Å². The fourth-order valence-corrected chi connectivity index (χ4v) is 4.67. The lowest BCUT2D eigenvalue weighted by molar-refractivity contribution is -0.127. The lowest BCUT2D eigenvalue weighted by atomic mass is 9.71. The number of nitrogens with one attached hydrogen (secondary N) is 2. The van der Waals surface area contributed by atoms with E-state index in [-0.39, 0.29) is 17.2 Å². The van der Waals surface area contributed by atoms with Gasteiger partial charge in [0, 0.05) is 37.8 Å². The Hall–Kier alpha value is -3.19. The van der Waals surface area contributed by atoms with Crippen LogP contribution in [0, 0.1) is 5.41 Å². The Bertz CT molecular complexity index is 1050. The van der Waals surface area contributed by atoms with Crippen LogP contribution in [0.1, 0.15) is 51.2 Å². The Morgan fingerprint density at radius 3 is 2.57 bits per heavy atom. The van der Waals surface area contributed by atoms with Crippen molar-refractivity contribution in [3.63, 3.8) is 0 Å². The molecule has 7 nitrogen and oxygen atoms in total. The Balaban J connectivity index is 1.67. The number of piperidine rings is 1. The van der Waals surface area contributed by atoms with Crippen molar-refractivity contribution in [2.75, 3.05) is 39.0 Å². The summed E-state index contributed by atoms with van der Waals surface area (Å²) in [6.45, 7) is 8.32. The third-order valence-corrected chi connectivity index (χ3v) is 6.96. The molecule has 35 heavy (non-hydrogen) atoms. The summed E-state index contributed by atoms with van der Waals surface area (Å²) in [7, 11) is 3.83. The van der Waals surface area contributed by atoms with Crippen molar-refractivity contribution < 1.29 is 9.59 Å². The van der Waals surface area contributed by atoms with E-state index < -0.39 is 0 Å². The van der Waals surface area contributed by atoms with Crippen LogP contribution in [0.5, 0.6) is 0 Å². The van der Waals surface area contributed by atoms with Gasteiger partial charge >= 0.3 is 0 Å². The summed E-state index contributed by atoms with van der Waals surface area (Å²) in [5, 5.41) is 6.33. The van der Waals surface area contributed by atoms with Gasteiger partial charge in [-0.2, -0.15) is 0 Å². The molecule has 1 fully saturated rings. The molecule has 2 aliphatic heterocycles. The molecule has 3 rings (SSSR count). The topological polar surface area (TPSA) is 77.6 Å². The summed E-state index contributed by atoms with van der Waals surface area (Å²) >= 11 is 0. The van der Waals surface area contributed by atoms with Gasteiger partial charge in [0.15, 0.2) is 0 Å². The van der Waals surface area contributed by atoms with Crippen molar-refractivity contribution >= 4 is 23.7 Å². The molecule has 1 saturated heterocycles. The minimum atomic E-state index is -0.356. The quantitative estimate of drug-likeness (QED) is 0.435. The number of pyridine rings is 1. The summed E-state index contributed by atoms with van der Waals surface area (Å²) in [5.74, 6) is 0.636. The van der Waals surface area contributed by atoms with Crippen molar-refractivity contribution in [1.29, 1.82) is 0 Å². The number of nitrogens with zero attached hydrogens (tertiary/aromatic N) is 3. The minimum absolute atomic E-state index is 0.0788. The van der Waals surface area contributed by atoms with Crippen molar-refractivity contribution in [2.24, 2.45) is 5.41 Å². The fourth-order valence-electron chi connectivity index (χ4n) is 4.67. The molecule has 0 bridgehead atoms. The Morgan fingerprint density at radius 2 is 1.91 bits per heavy atom. The molecule has 0 saturated carbocycles. The van der Waals surface area contributed by atoms with E-state index in [4.69, 9.17) is 0 Å². The maximum Gasteiger partial charge on any atom is 0.246 e. The number of carbonyl (C=O) groups is 2. The standard InChI is InChI=1S/C28H39N5O2/c1-6-9-10-23(7-2)33(5)24(8-3)20-32(4)25(34)12-11-21-17-22-18-28(13-15-29-16-14-28)27(35)31-26(22)30-19-21/h7-12,17,19,29H,6,13-16,18,20H2,1-5H3,(H,30,31,35)/b10-9-,12-11+,23-7+,24-8-. The van der Waals surface area contributed by atoms with Crippen LogP contribution in [0.25, 0.3) is 6.08 Å². The number of anilines is 1. The number of amides is 2. The van der Waals surface area contributed by atoms with Crippen LogP contribution in [0.4, 0.5) is 5.82 Å². The Morgan fingerprint density at radius 1 is 1.17 bits per heavy atom. The second-order valence-electron chi connectivity index (χ2n) is 9.33. The normalized spacial score (nSPS) is 18.1. The highest BCUT2D eigenvalue weighted by Crippen LogP contribution is 2.39. The van der Waals surface area contributed by atoms with Crippen molar-refractivity contribution in [3.8, 4) is 0 Å². The number of hydrogen-bond donors (Lipinski definition) is 2. The monoisotopic (exact) mass is 477 g/mol. The zero-order valence-corrected chi connectivity index (χ0v) is 21.7. The third kappa shape index (κ3) is 6.28. The van der Waals surface area contributed by atoms with Gasteiger partial charge in [-0.25, -0.2) is 4.98 Å². The van der Waals surface area contributed by atoms with E-state index in [1.54, 1.807) is 23.2 Å². The average molecular weight is 478 g/mol. The number of hydrogen-bond acceptors (Lipinski definition) is 5. The summed E-state index contributed by atoms with van der Waals surface area (Å²) in [5.41, 5.74) is 3.67. The van der Waals surface area contributed by atoms with E-state index in [1.807, 2.05) is 40.1 Å². The van der Waals surface area contributed by atoms with Gasteiger partial charge in [-0.1, -0.05) is 25.2 Å². The van der Waals surface area contributed by atoms with Gasteiger partial charge in [-0.3, -0.25) is 9.59 Å². The van der Waals surface area contributed by atoms with Crippen molar-refractivity contribution in [1.82, 2.24) is 20.1 Å². The molecule has 0 atom stereocenters. The number of likely N-dealkylation sites (N-methyl/N-ethyl adjacent to an activating group) is 2. The van der Waals surface area contributed by atoms with Crippen LogP contribution >= 0.6 is 0 Å². The lowest BCUT2D eigenvalue weighted by Crippen LogP contribution is -2.48. The average Bonchev–Trinajstić information content (AvgIpc) is 2.87. The molecule has 0 aromatic carbocycles. The largest absolute Gasteiger partial charge is 0.347 e. The van der Waals surface area contributed by atoms with Crippen LogP contribution < -0.4 is 10.6 Å². The zero-order chi connectivity index (χ0) is 25.4. The van der Waals surface area contributed by atoms with Gasteiger partial charge in [0.25, 0.3) is 0 Å². The van der Waals surface area contributed by atoms with Crippen LogP contribution in [0.15, 0.2) is 54.0 Å². The highest BCUT2D eigenvalue weighted by molar-refractivity contribution is 5.98. The smallest absolute Gasteiger partial charge is 0.246 e. The van der Waals surface area contributed by atoms with E-state index in [2.05, 4.69) is 45.7 Å². The molecule has 0 unspecified atom stereocenters. The van der Waals surface area contributed by atoms with Gasteiger partial charge < -0.3 is 20.4 Å². The molecule has 3 heterocycles. The summed E-state index contributed by atoms with van der Waals surface area (Å²) in [4.78, 5) is 33.8. The molecular weight excluding hydrogens is 438 g/mol. The molecular formula is C28H39N5O2.